The molecule has 0 spiro atoms. The SMILES string of the molecule is Cc1ccc(Cl)cc1OCc1ccc(CN)cc1Cl. The van der Waals surface area contributed by atoms with Gasteiger partial charge in [0.25, 0.3) is 0 Å². The minimum atomic E-state index is 0.408. The number of nitrogens with two attached hydrogens (primary N) is 1. The zero-order valence-corrected chi connectivity index (χ0v) is 12.1. The summed E-state index contributed by atoms with van der Waals surface area (Å²) in [5.41, 5.74) is 8.54. The number of halogens is 2. The third-order valence-electron chi connectivity index (χ3n) is 2.89. The number of benzene rings is 2. The lowest BCUT2D eigenvalue weighted by Gasteiger charge is -2.11. The van der Waals surface area contributed by atoms with Crippen molar-refractivity contribution in [1.29, 1.82) is 0 Å². The molecule has 0 radical (unpaired) electrons. The molecule has 0 aliphatic rings. The maximum Gasteiger partial charge on any atom is 0.124 e. The number of hydrogen-bond donors (Lipinski definition) is 1. The highest BCUT2D eigenvalue weighted by Crippen LogP contribution is 2.25. The normalized spacial score (nSPS) is 10.5. The van der Waals surface area contributed by atoms with E-state index >= 15 is 0 Å². The largest absolute Gasteiger partial charge is 0.489 e. The summed E-state index contributed by atoms with van der Waals surface area (Å²) in [6.45, 7) is 2.86. The first-order chi connectivity index (χ1) is 9.10. The van der Waals surface area contributed by atoms with Crippen molar-refractivity contribution in [2.24, 2.45) is 5.73 Å². The van der Waals surface area contributed by atoms with Gasteiger partial charge in [0.15, 0.2) is 0 Å². The lowest BCUT2D eigenvalue weighted by Crippen LogP contribution is -2.00. The summed E-state index contributed by atoms with van der Waals surface area (Å²) < 4.78 is 5.76. The molecule has 0 fully saturated rings. The Morgan fingerprint density at radius 1 is 1.11 bits per heavy atom. The molecular weight excluding hydrogens is 281 g/mol. The van der Waals surface area contributed by atoms with Gasteiger partial charge >= 0.3 is 0 Å². The van der Waals surface area contributed by atoms with E-state index in [1.54, 1.807) is 6.07 Å². The van der Waals surface area contributed by atoms with Crippen LogP contribution in [0.5, 0.6) is 5.75 Å². The number of hydrogen-bond acceptors (Lipinski definition) is 2. The maximum absolute atomic E-state index is 6.18. The van der Waals surface area contributed by atoms with Gasteiger partial charge in [-0.2, -0.15) is 0 Å². The molecule has 0 aromatic heterocycles. The zero-order chi connectivity index (χ0) is 13.8. The Morgan fingerprint density at radius 3 is 2.58 bits per heavy atom. The fraction of sp³-hybridized carbons (Fsp3) is 0.200. The van der Waals surface area contributed by atoms with Crippen molar-refractivity contribution in [1.82, 2.24) is 0 Å². The van der Waals surface area contributed by atoms with Crippen LogP contribution < -0.4 is 10.5 Å². The van der Waals surface area contributed by atoms with Gasteiger partial charge in [-0.3, -0.25) is 0 Å². The second kappa shape index (κ2) is 6.29. The van der Waals surface area contributed by atoms with Crippen molar-refractivity contribution in [3.05, 3.63) is 63.1 Å². The van der Waals surface area contributed by atoms with Crippen LogP contribution in [0.3, 0.4) is 0 Å². The van der Waals surface area contributed by atoms with Crippen molar-refractivity contribution >= 4 is 23.2 Å². The summed E-state index contributed by atoms with van der Waals surface area (Å²) >= 11 is 12.1. The molecule has 100 valence electrons. The highest BCUT2D eigenvalue weighted by Gasteiger charge is 2.05. The monoisotopic (exact) mass is 295 g/mol. The Labute approximate surface area is 123 Å². The van der Waals surface area contributed by atoms with Gasteiger partial charge in [0.1, 0.15) is 12.4 Å². The lowest BCUT2D eigenvalue weighted by atomic mass is 10.1. The summed E-state index contributed by atoms with van der Waals surface area (Å²) in [5, 5.41) is 1.33. The van der Waals surface area contributed by atoms with Crippen LogP contribution >= 0.6 is 23.2 Å². The van der Waals surface area contributed by atoms with Crippen LogP contribution in [-0.2, 0) is 13.2 Å². The minimum absolute atomic E-state index is 0.408. The van der Waals surface area contributed by atoms with Crippen LogP contribution in [-0.4, -0.2) is 0 Å². The van der Waals surface area contributed by atoms with Crippen molar-refractivity contribution in [3.63, 3.8) is 0 Å². The molecule has 0 saturated carbocycles. The van der Waals surface area contributed by atoms with Gasteiger partial charge in [-0.1, -0.05) is 41.4 Å². The fourth-order valence-corrected chi connectivity index (χ4v) is 2.14. The molecule has 0 bridgehead atoms. The van der Waals surface area contributed by atoms with E-state index in [1.807, 2.05) is 37.3 Å². The third-order valence-corrected chi connectivity index (χ3v) is 3.47. The Balaban J connectivity index is 2.12. The van der Waals surface area contributed by atoms with Crippen molar-refractivity contribution in [2.75, 3.05) is 0 Å². The molecule has 0 heterocycles. The fourth-order valence-electron chi connectivity index (χ4n) is 1.72. The minimum Gasteiger partial charge on any atom is -0.489 e. The molecule has 0 aliphatic heterocycles. The van der Waals surface area contributed by atoms with E-state index in [9.17, 15) is 0 Å². The second-order valence-electron chi connectivity index (χ2n) is 4.33. The van der Waals surface area contributed by atoms with Gasteiger partial charge < -0.3 is 10.5 Å². The average molecular weight is 296 g/mol. The van der Waals surface area contributed by atoms with Gasteiger partial charge in [0.2, 0.25) is 0 Å². The molecular formula is C15H15Cl2NO. The average Bonchev–Trinajstić information content (AvgIpc) is 2.40. The van der Waals surface area contributed by atoms with Crippen LogP contribution in [0.4, 0.5) is 0 Å². The first kappa shape index (κ1) is 14.2. The molecule has 2 rings (SSSR count). The molecule has 0 unspecified atom stereocenters. The molecule has 2 N–H and O–H groups in total. The first-order valence-corrected chi connectivity index (χ1v) is 6.72. The van der Waals surface area contributed by atoms with Crippen LogP contribution in [0.1, 0.15) is 16.7 Å². The second-order valence-corrected chi connectivity index (χ2v) is 5.17. The Bertz CT molecular complexity index is 584. The van der Waals surface area contributed by atoms with Crippen molar-refractivity contribution in [2.45, 2.75) is 20.1 Å². The van der Waals surface area contributed by atoms with Gasteiger partial charge in [0, 0.05) is 22.2 Å². The van der Waals surface area contributed by atoms with Gasteiger partial charge in [-0.05, 0) is 36.2 Å². The standard InChI is InChI=1S/C15H15Cl2NO/c1-10-2-5-13(16)7-15(10)19-9-12-4-3-11(8-18)6-14(12)17/h2-7H,8-9,18H2,1H3. The molecule has 0 aliphatic carbocycles. The lowest BCUT2D eigenvalue weighted by molar-refractivity contribution is 0.304. The number of rotatable bonds is 4. The van der Waals surface area contributed by atoms with E-state index in [2.05, 4.69) is 0 Å². The van der Waals surface area contributed by atoms with E-state index in [1.165, 1.54) is 0 Å². The van der Waals surface area contributed by atoms with Crippen molar-refractivity contribution in [3.8, 4) is 5.75 Å². The molecule has 2 nitrogen and oxygen atoms in total. The van der Waals surface area contributed by atoms with Crippen LogP contribution in [0.2, 0.25) is 10.0 Å². The quantitative estimate of drug-likeness (QED) is 0.911. The Hall–Kier alpha value is -1.22. The van der Waals surface area contributed by atoms with Crippen molar-refractivity contribution < 1.29 is 4.74 Å². The molecule has 19 heavy (non-hydrogen) atoms. The number of ether oxygens (including phenoxy) is 1. The van der Waals surface area contributed by atoms with Crippen LogP contribution in [0.15, 0.2) is 36.4 Å². The highest BCUT2D eigenvalue weighted by molar-refractivity contribution is 6.31. The van der Waals surface area contributed by atoms with Gasteiger partial charge in [0.05, 0.1) is 0 Å². The predicted octanol–water partition coefficient (Wildman–Crippen LogP) is 4.34. The summed E-state index contributed by atoms with van der Waals surface area (Å²) in [4.78, 5) is 0. The predicted molar refractivity (Wildman–Crippen MR) is 79.9 cm³/mol. The van der Waals surface area contributed by atoms with Crippen LogP contribution in [0.25, 0.3) is 0 Å². The Morgan fingerprint density at radius 2 is 1.89 bits per heavy atom. The third kappa shape index (κ3) is 3.63. The van der Waals surface area contributed by atoms with E-state index < -0.39 is 0 Å². The van der Waals surface area contributed by atoms with Crippen LogP contribution in [0, 0.1) is 6.92 Å². The maximum atomic E-state index is 6.18. The number of aryl methyl sites for hydroxylation is 1. The highest BCUT2D eigenvalue weighted by atomic mass is 35.5. The van der Waals surface area contributed by atoms with Gasteiger partial charge in [-0.15, -0.1) is 0 Å². The molecule has 2 aromatic carbocycles. The molecule has 2 aromatic rings. The summed E-state index contributed by atoms with van der Waals surface area (Å²) in [5.74, 6) is 0.770. The first-order valence-electron chi connectivity index (χ1n) is 5.96. The summed E-state index contributed by atoms with van der Waals surface area (Å²) in [7, 11) is 0. The molecule has 0 atom stereocenters. The molecule has 4 heteroatoms. The molecule has 0 amide bonds. The molecule has 0 saturated heterocycles. The van der Waals surface area contributed by atoms with E-state index in [0.29, 0.717) is 23.2 Å². The summed E-state index contributed by atoms with van der Waals surface area (Å²) in [6, 6.07) is 11.3. The Kier molecular flexibility index (Phi) is 4.70. The van der Waals surface area contributed by atoms with E-state index in [4.69, 9.17) is 33.7 Å². The van der Waals surface area contributed by atoms with E-state index in [0.717, 1.165) is 22.4 Å². The van der Waals surface area contributed by atoms with E-state index in [-0.39, 0.29) is 0 Å². The topological polar surface area (TPSA) is 35.2 Å². The van der Waals surface area contributed by atoms with Gasteiger partial charge in [-0.25, -0.2) is 0 Å². The summed E-state index contributed by atoms with van der Waals surface area (Å²) in [6.07, 6.45) is 0. The smallest absolute Gasteiger partial charge is 0.124 e. The zero-order valence-electron chi connectivity index (χ0n) is 10.6.